The molecule has 3 aromatic heterocycles. The Labute approximate surface area is 196 Å². The Morgan fingerprint density at radius 2 is 1.76 bits per heavy atom. The van der Waals surface area contributed by atoms with Gasteiger partial charge in [-0.15, -0.1) is 11.3 Å². The number of hydrogen-bond donors (Lipinski definition) is 1. The summed E-state index contributed by atoms with van der Waals surface area (Å²) in [6, 6.07) is 16.6. The third-order valence-electron chi connectivity index (χ3n) is 5.67. The normalized spacial score (nSPS) is 12.1. The fraction of sp³-hybridized carbons (Fsp3) is 0.192. The molecule has 6 nitrogen and oxygen atoms in total. The van der Waals surface area contributed by atoms with Crippen LogP contribution in [0.15, 0.2) is 60.9 Å². The van der Waals surface area contributed by atoms with Crippen LogP contribution in [0.1, 0.15) is 23.7 Å². The standard InChI is InChI=1S/C26H24N4O2S/c1-15(24-8-9-25(33-24)19-7-5-6-17-14-27-11-10-18(17)19)28-26-20-12-22(31-3)23(32-4)13-21(20)29-16(2)30-26/h5-15H,1-4H3,(H,28,29,30). The van der Waals surface area contributed by atoms with E-state index >= 15 is 0 Å². The van der Waals surface area contributed by atoms with Crippen LogP contribution < -0.4 is 14.8 Å². The lowest BCUT2D eigenvalue weighted by Gasteiger charge is -2.16. The fourth-order valence-electron chi connectivity index (χ4n) is 4.03. The molecule has 5 rings (SSSR count). The van der Waals surface area contributed by atoms with Crippen LogP contribution >= 0.6 is 11.3 Å². The van der Waals surface area contributed by atoms with Crippen molar-refractivity contribution in [3.63, 3.8) is 0 Å². The monoisotopic (exact) mass is 456 g/mol. The molecule has 5 aromatic rings. The van der Waals surface area contributed by atoms with Gasteiger partial charge in [0.2, 0.25) is 0 Å². The highest BCUT2D eigenvalue weighted by molar-refractivity contribution is 7.15. The molecule has 0 radical (unpaired) electrons. The molecule has 0 bridgehead atoms. The van der Waals surface area contributed by atoms with Crippen LogP contribution in [0, 0.1) is 6.92 Å². The van der Waals surface area contributed by atoms with Crippen molar-refractivity contribution in [1.82, 2.24) is 15.0 Å². The smallest absolute Gasteiger partial charge is 0.162 e. The fourth-order valence-corrected chi connectivity index (χ4v) is 5.08. The van der Waals surface area contributed by atoms with E-state index in [9.17, 15) is 0 Å². The lowest BCUT2D eigenvalue weighted by atomic mass is 10.1. The zero-order valence-corrected chi connectivity index (χ0v) is 19.7. The third-order valence-corrected chi connectivity index (χ3v) is 6.97. The van der Waals surface area contributed by atoms with Gasteiger partial charge in [0.1, 0.15) is 11.6 Å². The Hall–Kier alpha value is -3.71. The molecule has 3 heterocycles. The number of hydrogen-bond acceptors (Lipinski definition) is 7. The van der Waals surface area contributed by atoms with Gasteiger partial charge in [0.15, 0.2) is 11.5 Å². The van der Waals surface area contributed by atoms with E-state index in [4.69, 9.17) is 9.47 Å². The first-order valence-corrected chi connectivity index (χ1v) is 11.5. The minimum atomic E-state index is 0.0611. The van der Waals surface area contributed by atoms with Crippen molar-refractivity contribution >= 4 is 38.8 Å². The van der Waals surface area contributed by atoms with Crippen LogP contribution in [0.5, 0.6) is 11.5 Å². The largest absolute Gasteiger partial charge is 0.493 e. The summed E-state index contributed by atoms with van der Waals surface area (Å²) in [5.41, 5.74) is 2.03. The minimum absolute atomic E-state index is 0.0611. The van der Waals surface area contributed by atoms with E-state index in [0.717, 1.165) is 22.1 Å². The Morgan fingerprint density at radius 1 is 0.939 bits per heavy atom. The second-order valence-electron chi connectivity index (χ2n) is 7.81. The van der Waals surface area contributed by atoms with E-state index in [2.05, 4.69) is 63.6 Å². The zero-order valence-electron chi connectivity index (χ0n) is 18.9. The van der Waals surface area contributed by atoms with Crippen molar-refractivity contribution in [3.8, 4) is 21.9 Å². The number of thiophene rings is 1. The molecule has 1 unspecified atom stereocenters. The SMILES string of the molecule is COc1cc2nc(C)nc(NC(C)c3ccc(-c4cccc5cnccc45)s3)c2cc1OC. The van der Waals surface area contributed by atoms with E-state index in [1.54, 1.807) is 25.6 Å². The maximum Gasteiger partial charge on any atom is 0.162 e. The summed E-state index contributed by atoms with van der Waals surface area (Å²) in [7, 11) is 3.25. The molecule has 7 heteroatoms. The Morgan fingerprint density at radius 3 is 2.58 bits per heavy atom. The van der Waals surface area contributed by atoms with Gasteiger partial charge < -0.3 is 14.8 Å². The van der Waals surface area contributed by atoms with E-state index in [1.807, 2.05) is 31.5 Å². The molecule has 0 saturated heterocycles. The molecule has 33 heavy (non-hydrogen) atoms. The van der Waals surface area contributed by atoms with Crippen molar-refractivity contribution in [1.29, 1.82) is 0 Å². The second kappa shape index (κ2) is 8.67. The number of aromatic nitrogens is 3. The molecule has 0 saturated carbocycles. The van der Waals surface area contributed by atoms with E-state index in [1.165, 1.54) is 20.7 Å². The highest BCUT2D eigenvalue weighted by Crippen LogP contribution is 2.38. The summed E-state index contributed by atoms with van der Waals surface area (Å²) in [6.45, 7) is 4.04. The van der Waals surface area contributed by atoms with Crippen LogP contribution in [-0.4, -0.2) is 29.2 Å². The second-order valence-corrected chi connectivity index (χ2v) is 8.93. The highest BCUT2D eigenvalue weighted by Gasteiger charge is 2.16. The van der Waals surface area contributed by atoms with Gasteiger partial charge in [0, 0.05) is 39.0 Å². The third kappa shape index (κ3) is 3.96. The molecule has 0 aliphatic rings. The molecule has 1 N–H and O–H groups in total. The minimum Gasteiger partial charge on any atom is -0.493 e. The van der Waals surface area contributed by atoms with E-state index in [-0.39, 0.29) is 6.04 Å². The number of ether oxygens (including phenoxy) is 2. The topological polar surface area (TPSA) is 69.2 Å². The first-order chi connectivity index (χ1) is 16.1. The summed E-state index contributed by atoms with van der Waals surface area (Å²) in [6.07, 6.45) is 3.75. The summed E-state index contributed by atoms with van der Waals surface area (Å²) < 4.78 is 10.9. The molecule has 0 aliphatic carbocycles. The summed E-state index contributed by atoms with van der Waals surface area (Å²) in [5, 5.41) is 6.83. The number of nitrogens with zero attached hydrogens (tertiary/aromatic N) is 3. The number of anilines is 1. The molecule has 0 spiro atoms. The number of nitrogens with one attached hydrogen (secondary N) is 1. The summed E-state index contributed by atoms with van der Waals surface area (Å²) in [4.78, 5) is 16.0. The van der Waals surface area contributed by atoms with Gasteiger partial charge in [-0.25, -0.2) is 9.97 Å². The van der Waals surface area contributed by atoms with Crippen molar-refractivity contribution in [3.05, 3.63) is 71.6 Å². The van der Waals surface area contributed by atoms with Gasteiger partial charge in [-0.2, -0.15) is 0 Å². The van der Waals surface area contributed by atoms with Gasteiger partial charge in [-0.1, -0.05) is 18.2 Å². The maximum atomic E-state index is 5.50. The Bertz CT molecular complexity index is 1460. The predicted octanol–water partition coefficient (Wildman–Crippen LogP) is 6.41. The van der Waals surface area contributed by atoms with Crippen LogP contribution in [0.2, 0.25) is 0 Å². The average Bonchev–Trinajstić information content (AvgIpc) is 3.33. The number of aryl methyl sites for hydroxylation is 1. The van der Waals surface area contributed by atoms with Crippen molar-refractivity contribution in [2.24, 2.45) is 0 Å². The van der Waals surface area contributed by atoms with E-state index in [0.29, 0.717) is 17.3 Å². The van der Waals surface area contributed by atoms with Crippen molar-refractivity contribution in [2.75, 3.05) is 19.5 Å². The lowest BCUT2D eigenvalue weighted by molar-refractivity contribution is 0.356. The Kier molecular flexibility index (Phi) is 5.56. The Balaban J connectivity index is 1.49. The highest BCUT2D eigenvalue weighted by atomic mass is 32.1. The molecule has 2 aromatic carbocycles. The number of rotatable bonds is 6. The van der Waals surface area contributed by atoms with Crippen LogP contribution in [-0.2, 0) is 0 Å². The van der Waals surface area contributed by atoms with Gasteiger partial charge >= 0.3 is 0 Å². The van der Waals surface area contributed by atoms with Crippen LogP contribution in [0.4, 0.5) is 5.82 Å². The summed E-state index contributed by atoms with van der Waals surface area (Å²) in [5.74, 6) is 2.77. The van der Waals surface area contributed by atoms with Gasteiger partial charge in [-0.3, -0.25) is 4.98 Å². The first kappa shape index (κ1) is 21.2. The molecule has 166 valence electrons. The van der Waals surface area contributed by atoms with Gasteiger partial charge in [-0.05, 0) is 49.1 Å². The zero-order chi connectivity index (χ0) is 22.9. The molecular formula is C26H24N4O2S. The molecular weight excluding hydrogens is 432 g/mol. The molecule has 1 atom stereocenters. The van der Waals surface area contributed by atoms with E-state index < -0.39 is 0 Å². The maximum absolute atomic E-state index is 5.50. The van der Waals surface area contributed by atoms with Crippen LogP contribution in [0.25, 0.3) is 32.1 Å². The number of methoxy groups -OCH3 is 2. The first-order valence-electron chi connectivity index (χ1n) is 10.7. The van der Waals surface area contributed by atoms with Gasteiger partial charge in [0.05, 0.1) is 25.8 Å². The number of pyridine rings is 1. The molecule has 0 aliphatic heterocycles. The van der Waals surface area contributed by atoms with Gasteiger partial charge in [0.25, 0.3) is 0 Å². The number of fused-ring (bicyclic) bond motifs is 2. The lowest BCUT2D eigenvalue weighted by Crippen LogP contribution is -2.08. The quantitative estimate of drug-likeness (QED) is 0.319. The summed E-state index contributed by atoms with van der Waals surface area (Å²) >= 11 is 1.78. The van der Waals surface area contributed by atoms with Crippen molar-refractivity contribution in [2.45, 2.75) is 19.9 Å². The average molecular weight is 457 g/mol. The number of benzene rings is 2. The van der Waals surface area contributed by atoms with Crippen molar-refractivity contribution < 1.29 is 9.47 Å². The van der Waals surface area contributed by atoms with Crippen LogP contribution in [0.3, 0.4) is 0 Å². The molecule has 0 amide bonds. The predicted molar refractivity (Wildman–Crippen MR) is 134 cm³/mol. The molecule has 0 fully saturated rings.